The van der Waals surface area contributed by atoms with Crippen LogP contribution >= 0.6 is 11.3 Å². The third kappa shape index (κ3) is 2.15. The predicted octanol–water partition coefficient (Wildman–Crippen LogP) is 3.66. The van der Waals surface area contributed by atoms with Crippen molar-refractivity contribution in [3.8, 4) is 10.6 Å². The van der Waals surface area contributed by atoms with Crippen molar-refractivity contribution in [1.29, 1.82) is 0 Å². The zero-order chi connectivity index (χ0) is 14.8. The molecule has 21 heavy (non-hydrogen) atoms. The topological polar surface area (TPSA) is 47.8 Å². The minimum atomic E-state index is -0.467. The predicted molar refractivity (Wildman–Crippen MR) is 82.1 cm³/mol. The van der Waals surface area contributed by atoms with Crippen LogP contribution in [0.2, 0.25) is 0 Å². The molecule has 0 amide bonds. The van der Waals surface area contributed by atoms with Crippen molar-refractivity contribution in [1.82, 2.24) is 4.40 Å². The Morgan fingerprint density at radius 2 is 2.19 bits per heavy atom. The summed E-state index contributed by atoms with van der Waals surface area (Å²) in [4.78, 5) is 24.8. The quantitative estimate of drug-likeness (QED) is 0.545. The van der Waals surface area contributed by atoms with Gasteiger partial charge >= 0.3 is 5.97 Å². The smallest absolute Gasteiger partial charge is 0.341 e. The Bertz CT molecular complexity index is 802. The van der Waals surface area contributed by atoms with Crippen molar-refractivity contribution in [2.24, 2.45) is 0 Å². The van der Waals surface area contributed by atoms with Crippen molar-refractivity contribution in [3.05, 3.63) is 53.0 Å². The molecule has 3 aromatic rings. The minimum absolute atomic E-state index is 0.273. The molecule has 3 rings (SSSR count). The van der Waals surface area contributed by atoms with E-state index >= 15 is 0 Å². The van der Waals surface area contributed by atoms with E-state index in [9.17, 15) is 9.59 Å². The van der Waals surface area contributed by atoms with Gasteiger partial charge in [-0.15, -0.1) is 11.3 Å². The molecule has 0 aromatic carbocycles. The van der Waals surface area contributed by atoms with Crippen LogP contribution in [0, 0.1) is 0 Å². The number of hydrogen-bond donors (Lipinski definition) is 0. The number of pyridine rings is 1. The molecule has 0 radical (unpaired) electrons. The van der Waals surface area contributed by atoms with E-state index in [0.717, 1.165) is 16.9 Å². The van der Waals surface area contributed by atoms with Crippen LogP contribution in [0.4, 0.5) is 0 Å². The molecule has 3 aromatic heterocycles. The average Bonchev–Trinajstić information content (AvgIpc) is 3.11. The van der Waals surface area contributed by atoms with E-state index in [4.69, 9.17) is 4.74 Å². The molecule has 4 nitrogen and oxygen atoms in total. The summed E-state index contributed by atoms with van der Waals surface area (Å²) >= 11 is 1.53. The number of carbonyl (C=O) groups is 2. The van der Waals surface area contributed by atoms with Crippen molar-refractivity contribution in [3.63, 3.8) is 0 Å². The van der Waals surface area contributed by atoms with E-state index in [2.05, 4.69) is 0 Å². The van der Waals surface area contributed by atoms with Crippen LogP contribution in [0.3, 0.4) is 0 Å². The molecule has 0 aliphatic carbocycles. The highest BCUT2D eigenvalue weighted by molar-refractivity contribution is 7.13. The summed E-state index contributed by atoms with van der Waals surface area (Å²) in [6.45, 7) is 2.02. The number of nitrogens with zero attached hydrogens (tertiary/aromatic N) is 1. The summed E-state index contributed by atoms with van der Waals surface area (Å²) in [7, 11) is 0. The maximum atomic E-state index is 12.2. The van der Waals surface area contributed by atoms with Crippen LogP contribution in [0.5, 0.6) is 0 Å². The maximum absolute atomic E-state index is 12.2. The van der Waals surface area contributed by atoms with Gasteiger partial charge in [-0.2, -0.15) is 0 Å². The standard InChI is InChI=1S/C16H13NO3S/c1-2-20-16(19)14-11(10-18)15(13-7-5-9-21-13)17-8-4-3-6-12(14)17/h3-10H,2H2,1H3. The number of hydrogen-bond acceptors (Lipinski definition) is 4. The van der Waals surface area contributed by atoms with Crippen molar-refractivity contribution in [2.75, 3.05) is 6.61 Å². The lowest BCUT2D eigenvalue weighted by atomic mass is 10.1. The third-order valence-electron chi connectivity index (χ3n) is 3.23. The first-order valence-corrected chi connectivity index (χ1v) is 7.45. The molecule has 3 heterocycles. The van der Waals surface area contributed by atoms with E-state index in [0.29, 0.717) is 16.6 Å². The lowest BCUT2D eigenvalue weighted by Gasteiger charge is -2.01. The fraction of sp³-hybridized carbons (Fsp3) is 0.125. The van der Waals surface area contributed by atoms with Crippen molar-refractivity contribution in [2.45, 2.75) is 6.92 Å². The van der Waals surface area contributed by atoms with E-state index in [1.165, 1.54) is 11.3 Å². The molecule has 0 aliphatic heterocycles. The van der Waals surface area contributed by atoms with Gasteiger partial charge in [-0.3, -0.25) is 4.79 Å². The van der Waals surface area contributed by atoms with Gasteiger partial charge in [0.05, 0.1) is 33.8 Å². The Kier molecular flexibility index (Phi) is 3.58. The van der Waals surface area contributed by atoms with E-state index in [1.54, 1.807) is 6.92 Å². The summed E-state index contributed by atoms with van der Waals surface area (Å²) in [5.74, 6) is -0.467. The Labute approximate surface area is 125 Å². The van der Waals surface area contributed by atoms with Gasteiger partial charge in [0.2, 0.25) is 0 Å². The summed E-state index contributed by atoms with van der Waals surface area (Å²) in [5.41, 5.74) is 2.12. The molecule has 0 aliphatic rings. The first kappa shape index (κ1) is 13.6. The molecule has 0 atom stereocenters. The summed E-state index contributed by atoms with van der Waals surface area (Å²) in [6.07, 6.45) is 2.58. The van der Waals surface area contributed by atoms with E-state index < -0.39 is 5.97 Å². The fourth-order valence-electron chi connectivity index (χ4n) is 2.43. The fourth-order valence-corrected chi connectivity index (χ4v) is 3.21. The number of aldehydes is 1. The Balaban J connectivity index is 2.37. The highest BCUT2D eigenvalue weighted by atomic mass is 32.1. The molecule has 0 unspecified atom stereocenters. The minimum Gasteiger partial charge on any atom is -0.462 e. The molecule has 0 N–H and O–H groups in total. The van der Waals surface area contributed by atoms with Crippen LogP contribution in [0.15, 0.2) is 41.9 Å². The van der Waals surface area contributed by atoms with Crippen LogP contribution < -0.4 is 0 Å². The highest BCUT2D eigenvalue weighted by Crippen LogP contribution is 2.33. The molecule has 0 fully saturated rings. The highest BCUT2D eigenvalue weighted by Gasteiger charge is 2.24. The first-order chi connectivity index (χ1) is 10.3. The normalized spacial score (nSPS) is 10.7. The number of carbonyl (C=O) groups excluding carboxylic acids is 2. The van der Waals surface area contributed by atoms with E-state index in [-0.39, 0.29) is 6.61 Å². The second kappa shape index (κ2) is 5.54. The van der Waals surface area contributed by atoms with Gasteiger partial charge < -0.3 is 9.14 Å². The molecule has 0 saturated carbocycles. The Hall–Kier alpha value is -2.40. The lowest BCUT2D eigenvalue weighted by Crippen LogP contribution is -2.06. The van der Waals surface area contributed by atoms with Gasteiger partial charge in [0.25, 0.3) is 0 Å². The molecular weight excluding hydrogens is 286 g/mol. The summed E-state index contributed by atoms with van der Waals surface area (Å²) < 4.78 is 6.96. The number of fused-ring (bicyclic) bond motifs is 1. The monoisotopic (exact) mass is 299 g/mol. The molecule has 0 bridgehead atoms. The van der Waals surface area contributed by atoms with Crippen LogP contribution in [-0.4, -0.2) is 23.3 Å². The molecule has 106 valence electrons. The number of ether oxygens (including phenoxy) is 1. The second-order valence-electron chi connectivity index (χ2n) is 4.41. The van der Waals surface area contributed by atoms with Crippen molar-refractivity contribution < 1.29 is 14.3 Å². The number of esters is 1. The number of thiophene rings is 1. The van der Waals surface area contributed by atoms with Gasteiger partial charge in [0.1, 0.15) is 0 Å². The number of rotatable bonds is 4. The van der Waals surface area contributed by atoms with Crippen LogP contribution in [0.1, 0.15) is 27.6 Å². The number of aromatic nitrogens is 1. The largest absolute Gasteiger partial charge is 0.462 e. The molecule has 0 spiro atoms. The van der Waals surface area contributed by atoms with Gasteiger partial charge in [0, 0.05) is 6.20 Å². The lowest BCUT2D eigenvalue weighted by molar-refractivity contribution is 0.0527. The molecular formula is C16H13NO3S. The third-order valence-corrected chi connectivity index (χ3v) is 4.11. The average molecular weight is 299 g/mol. The zero-order valence-electron chi connectivity index (χ0n) is 11.4. The van der Waals surface area contributed by atoms with Crippen LogP contribution in [0.25, 0.3) is 16.1 Å². The summed E-state index contributed by atoms with van der Waals surface area (Å²) in [5, 5.41) is 1.94. The van der Waals surface area contributed by atoms with Gasteiger partial charge in [-0.25, -0.2) is 4.79 Å². The summed E-state index contributed by atoms with van der Waals surface area (Å²) in [6, 6.07) is 9.37. The molecule has 0 saturated heterocycles. The van der Waals surface area contributed by atoms with E-state index in [1.807, 2.05) is 46.3 Å². The SMILES string of the molecule is CCOC(=O)c1c(C=O)c(-c2cccs2)n2ccccc12. The maximum Gasteiger partial charge on any atom is 0.341 e. The second-order valence-corrected chi connectivity index (χ2v) is 5.36. The van der Waals surface area contributed by atoms with Gasteiger partial charge in [-0.1, -0.05) is 12.1 Å². The zero-order valence-corrected chi connectivity index (χ0v) is 12.2. The Morgan fingerprint density at radius 1 is 1.33 bits per heavy atom. The molecule has 5 heteroatoms. The van der Waals surface area contributed by atoms with Gasteiger partial charge in [-0.05, 0) is 30.5 Å². The van der Waals surface area contributed by atoms with Gasteiger partial charge in [0.15, 0.2) is 6.29 Å². The van der Waals surface area contributed by atoms with Crippen LogP contribution in [-0.2, 0) is 4.74 Å². The van der Waals surface area contributed by atoms with Crippen molar-refractivity contribution >= 4 is 29.1 Å². The Morgan fingerprint density at radius 3 is 2.86 bits per heavy atom. The first-order valence-electron chi connectivity index (χ1n) is 6.57.